The van der Waals surface area contributed by atoms with Crippen LogP contribution in [-0.2, 0) is 17.7 Å². The molecule has 10 heteroatoms. The van der Waals surface area contributed by atoms with Crippen LogP contribution in [0.2, 0.25) is 0 Å². The van der Waals surface area contributed by atoms with E-state index in [9.17, 15) is 8.76 Å². The maximum absolute atomic E-state index is 10.6. The highest BCUT2D eigenvalue weighted by Gasteiger charge is 2.16. The van der Waals surface area contributed by atoms with Crippen molar-refractivity contribution in [1.29, 1.82) is 0 Å². The van der Waals surface area contributed by atoms with E-state index in [2.05, 4.69) is 25.3 Å². The first-order valence-electron chi connectivity index (χ1n) is 7.52. The second-order valence-corrected chi connectivity index (χ2v) is 6.38. The molecule has 2 N–H and O–H groups in total. The Morgan fingerprint density at radius 3 is 2.88 bits per heavy atom. The van der Waals surface area contributed by atoms with Crippen LogP contribution in [-0.4, -0.2) is 42.4 Å². The van der Waals surface area contributed by atoms with Crippen LogP contribution in [0.4, 0.5) is 11.5 Å². The molecule has 2 aromatic heterocycles. The maximum atomic E-state index is 10.6. The van der Waals surface area contributed by atoms with E-state index >= 15 is 0 Å². The molecule has 0 radical (unpaired) electrons. The van der Waals surface area contributed by atoms with Gasteiger partial charge in [0.15, 0.2) is 0 Å². The van der Waals surface area contributed by atoms with Crippen molar-refractivity contribution >= 4 is 28.5 Å². The van der Waals surface area contributed by atoms with Crippen LogP contribution in [0.1, 0.15) is 16.8 Å². The number of hydrogen-bond acceptors (Lipinski definition) is 7. The number of hydrogen-bond donors (Lipinski definition) is 2. The third-order valence-corrected chi connectivity index (χ3v) is 3.98. The first kappa shape index (κ1) is 17.3. The number of benzene rings is 1. The second kappa shape index (κ2) is 7.13. The van der Waals surface area contributed by atoms with Gasteiger partial charge in [0.25, 0.3) is 5.78 Å². The highest BCUT2D eigenvalue weighted by molar-refractivity contribution is 7.77. The van der Waals surface area contributed by atoms with Crippen molar-refractivity contribution in [3.63, 3.8) is 0 Å². The Kier molecular flexibility index (Phi) is 4.93. The lowest BCUT2D eigenvalue weighted by Crippen LogP contribution is -2.23. The van der Waals surface area contributed by atoms with Gasteiger partial charge in [-0.05, 0) is 24.6 Å². The molecular weight excluding hydrogens is 342 g/mol. The average molecular weight is 360 g/mol. The van der Waals surface area contributed by atoms with E-state index in [0.29, 0.717) is 17.9 Å². The Labute approximate surface area is 147 Å². The monoisotopic (exact) mass is 360 g/mol. The molecule has 0 saturated carbocycles. The van der Waals surface area contributed by atoms with E-state index in [1.165, 1.54) is 6.33 Å². The predicted octanol–water partition coefficient (Wildman–Crippen LogP) is 0.800. The first-order chi connectivity index (χ1) is 12.0. The van der Waals surface area contributed by atoms with Crippen molar-refractivity contribution < 1.29 is 8.76 Å². The van der Waals surface area contributed by atoms with E-state index in [-0.39, 0.29) is 0 Å². The zero-order chi connectivity index (χ0) is 18.0. The summed E-state index contributed by atoms with van der Waals surface area (Å²) in [4.78, 5) is 12.8. The number of aromatic nitrogens is 4. The molecule has 0 aliphatic carbocycles. The van der Waals surface area contributed by atoms with E-state index < -0.39 is 11.3 Å². The van der Waals surface area contributed by atoms with Crippen molar-refractivity contribution in [2.45, 2.75) is 13.3 Å². The predicted molar refractivity (Wildman–Crippen MR) is 94.8 cm³/mol. The molecule has 3 rings (SSSR count). The highest BCUT2D eigenvalue weighted by Crippen LogP contribution is 2.25. The van der Waals surface area contributed by atoms with Crippen LogP contribution in [0, 0.1) is 6.92 Å². The van der Waals surface area contributed by atoms with Crippen molar-refractivity contribution in [2.75, 3.05) is 24.4 Å². The molecule has 0 fully saturated rings. The van der Waals surface area contributed by atoms with Crippen molar-refractivity contribution in [2.24, 2.45) is 0 Å². The lowest BCUT2D eigenvalue weighted by molar-refractivity contribution is 0.528. The molecule has 1 aromatic carbocycles. The minimum absolute atomic E-state index is 0.558. The normalized spacial score (nSPS) is 12.3. The number of aryl methyl sites for hydroxylation is 1. The summed E-state index contributed by atoms with van der Waals surface area (Å²) in [7, 11) is 3.90. The molecule has 0 saturated heterocycles. The smallest absolute Gasteiger partial charge is 0.254 e. The number of nitrogens with one attached hydrogen (secondary N) is 2. The van der Waals surface area contributed by atoms with Crippen LogP contribution in [0.3, 0.4) is 0 Å². The molecule has 0 bridgehead atoms. The summed E-state index contributed by atoms with van der Waals surface area (Å²) in [6.07, 6.45) is 2.11. The summed E-state index contributed by atoms with van der Waals surface area (Å²) in [5.74, 6) is 1.47. The molecule has 0 amide bonds. The van der Waals surface area contributed by atoms with Gasteiger partial charge >= 0.3 is 0 Å². The van der Waals surface area contributed by atoms with Crippen molar-refractivity contribution in [3.8, 4) is 0 Å². The van der Waals surface area contributed by atoms with E-state index in [0.717, 1.165) is 22.6 Å². The quantitative estimate of drug-likeness (QED) is 0.494. The molecule has 9 nitrogen and oxygen atoms in total. The van der Waals surface area contributed by atoms with E-state index in [4.69, 9.17) is 0 Å². The zero-order valence-electron chi connectivity index (χ0n) is 14.1. The number of nitrogens with zero attached hydrogens (tertiary/aromatic N) is 5. The Bertz CT molecular complexity index is 925. The summed E-state index contributed by atoms with van der Waals surface area (Å²) < 4.78 is 22.9. The summed E-state index contributed by atoms with van der Waals surface area (Å²) in [5, 5.41) is 4.26. The van der Waals surface area contributed by atoms with Gasteiger partial charge in [0.05, 0.1) is 0 Å². The second-order valence-electron chi connectivity index (χ2n) is 5.70. The fourth-order valence-corrected chi connectivity index (χ4v) is 2.90. The van der Waals surface area contributed by atoms with Gasteiger partial charge in [-0.15, -0.1) is 0 Å². The molecular formula is C15H18N7O2S-. The van der Waals surface area contributed by atoms with Crippen LogP contribution in [0.25, 0.3) is 5.78 Å². The molecule has 1 unspecified atom stereocenters. The highest BCUT2D eigenvalue weighted by atomic mass is 32.2. The number of anilines is 2. The molecule has 25 heavy (non-hydrogen) atoms. The number of rotatable bonds is 6. The summed E-state index contributed by atoms with van der Waals surface area (Å²) in [6, 6.07) is 7.50. The zero-order valence-corrected chi connectivity index (χ0v) is 14.9. The van der Waals surface area contributed by atoms with Gasteiger partial charge in [-0.2, -0.15) is 19.4 Å². The minimum Gasteiger partial charge on any atom is -0.759 e. The fourth-order valence-electron chi connectivity index (χ4n) is 2.70. The van der Waals surface area contributed by atoms with Crippen molar-refractivity contribution in [3.05, 3.63) is 47.4 Å². The van der Waals surface area contributed by atoms with Gasteiger partial charge < -0.3 is 14.9 Å². The third kappa shape index (κ3) is 3.76. The van der Waals surface area contributed by atoms with Crippen LogP contribution >= 0.6 is 0 Å². The molecule has 0 spiro atoms. The van der Waals surface area contributed by atoms with Crippen molar-refractivity contribution in [1.82, 2.24) is 24.4 Å². The van der Waals surface area contributed by atoms with Gasteiger partial charge in [0, 0.05) is 48.7 Å². The molecule has 0 aliphatic heterocycles. The Balaban J connectivity index is 1.97. The maximum Gasteiger partial charge on any atom is 0.254 e. The summed E-state index contributed by atoms with van der Waals surface area (Å²) in [5.41, 5.74) is 6.20. The molecule has 132 valence electrons. The largest absolute Gasteiger partial charge is 0.759 e. The topological polar surface area (TPSA) is 111 Å². The van der Waals surface area contributed by atoms with E-state index in [1.54, 1.807) is 10.6 Å². The molecule has 1 atom stereocenters. The Morgan fingerprint density at radius 1 is 1.36 bits per heavy atom. The fraction of sp³-hybridized carbons (Fsp3) is 0.267. The van der Waals surface area contributed by atoms with Crippen LogP contribution in [0.5, 0.6) is 0 Å². The van der Waals surface area contributed by atoms with Gasteiger partial charge in [-0.25, -0.2) is 4.98 Å². The first-order valence-corrected chi connectivity index (χ1v) is 8.59. The lowest BCUT2D eigenvalue weighted by Gasteiger charge is -2.20. The van der Waals surface area contributed by atoms with Crippen LogP contribution < -0.4 is 15.2 Å². The van der Waals surface area contributed by atoms with E-state index in [1.807, 2.05) is 44.1 Å². The average Bonchev–Trinajstić information content (AvgIpc) is 3.01. The SMILES string of the molecule is Cc1nc2ncnn2c(N(C)C)c1Cc1cccc(NNS(=O)[O-])c1. The Hall–Kier alpha value is -2.56. The van der Waals surface area contributed by atoms with Crippen LogP contribution in [0.15, 0.2) is 30.6 Å². The summed E-state index contributed by atoms with van der Waals surface area (Å²) >= 11 is -2.38. The Morgan fingerprint density at radius 2 is 2.16 bits per heavy atom. The number of hydrazine groups is 1. The van der Waals surface area contributed by atoms with Gasteiger partial charge in [-0.3, -0.25) is 4.21 Å². The van der Waals surface area contributed by atoms with Gasteiger partial charge in [0.2, 0.25) is 0 Å². The van der Waals surface area contributed by atoms with Gasteiger partial charge in [-0.1, -0.05) is 12.1 Å². The number of fused-ring (bicyclic) bond motifs is 1. The standard InChI is InChI=1S/C15H19N7O2S/c1-10-13(14(21(2)3)22-15(18-10)16-9-17-22)8-11-5-4-6-12(7-11)19-20-25(23)24/h4-7,9,19-20H,8H2,1-3H3,(H,23,24)/p-1. The molecule has 3 aromatic rings. The lowest BCUT2D eigenvalue weighted by atomic mass is 10.0. The molecule has 2 heterocycles. The minimum atomic E-state index is -2.38. The third-order valence-electron chi connectivity index (χ3n) is 3.71. The summed E-state index contributed by atoms with van der Waals surface area (Å²) in [6.45, 7) is 1.95. The van der Waals surface area contributed by atoms with Gasteiger partial charge in [0.1, 0.15) is 12.1 Å². The molecule has 0 aliphatic rings.